The van der Waals surface area contributed by atoms with Gasteiger partial charge in [0.2, 0.25) is 5.82 Å². The Hall–Kier alpha value is -2.98. The molecule has 7 nitrogen and oxygen atoms in total. The first kappa shape index (κ1) is 18.4. The lowest BCUT2D eigenvalue weighted by Crippen LogP contribution is -2.28. The fraction of sp³-hybridized carbons (Fsp3) is 0.278. The van der Waals surface area contributed by atoms with Gasteiger partial charge in [0.1, 0.15) is 12.8 Å². The minimum Gasteiger partial charge on any atom is -0.355 e. The van der Waals surface area contributed by atoms with Gasteiger partial charge in [-0.25, -0.2) is 0 Å². The molecular weight excluding hydrogens is 375 g/mol. The van der Waals surface area contributed by atoms with Crippen LogP contribution in [0.5, 0.6) is 0 Å². The minimum atomic E-state index is -4.37. The van der Waals surface area contributed by atoms with E-state index in [4.69, 9.17) is 9.47 Å². The van der Waals surface area contributed by atoms with E-state index < -0.39 is 11.7 Å². The van der Waals surface area contributed by atoms with Crippen molar-refractivity contribution in [3.8, 4) is 11.4 Å². The van der Waals surface area contributed by atoms with Crippen LogP contribution in [-0.4, -0.2) is 40.2 Å². The van der Waals surface area contributed by atoms with Gasteiger partial charge in [-0.15, -0.1) is 10.2 Å². The third-order valence-corrected chi connectivity index (χ3v) is 4.20. The normalized spacial score (nSPS) is 15.5. The molecule has 10 heteroatoms. The monoisotopic (exact) mass is 391 g/mol. The molecule has 0 atom stereocenters. The molecule has 0 bridgehead atoms. The van der Waals surface area contributed by atoms with Gasteiger partial charge in [-0.05, 0) is 41.6 Å². The second-order valence-electron chi connectivity index (χ2n) is 6.19. The van der Waals surface area contributed by atoms with Crippen LogP contribution < -0.4 is 5.32 Å². The lowest BCUT2D eigenvalue weighted by Gasteiger charge is -2.20. The molecule has 0 saturated carbocycles. The number of hydrogen-bond donors (Lipinski definition) is 1. The van der Waals surface area contributed by atoms with E-state index in [-0.39, 0.29) is 12.8 Å². The summed E-state index contributed by atoms with van der Waals surface area (Å²) < 4.78 is 48.7. The van der Waals surface area contributed by atoms with Crippen molar-refractivity contribution in [3.05, 3.63) is 54.1 Å². The summed E-state index contributed by atoms with van der Waals surface area (Å²) in [4.78, 5) is 1.45. The summed E-state index contributed by atoms with van der Waals surface area (Å²) >= 11 is 0. The number of halogens is 3. The number of ether oxygens (including phenoxy) is 2. The van der Waals surface area contributed by atoms with Gasteiger partial charge < -0.3 is 14.8 Å². The van der Waals surface area contributed by atoms with Crippen LogP contribution in [0, 0.1) is 0 Å². The molecule has 0 unspecified atom stereocenters. The van der Waals surface area contributed by atoms with Crippen molar-refractivity contribution < 1.29 is 22.6 Å². The Balaban J connectivity index is 1.56. The predicted molar refractivity (Wildman–Crippen MR) is 93.8 cm³/mol. The summed E-state index contributed by atoms with van der Waals surface area (Å²) in [5, 5.41) is 15.7. The van der Waals surface area contributed by atoms with Crippen LogP contribution in [0.4, 0.5) is 24.5 Å². The molecule has 146 valence electrons. The molecule has 1 fully saturated rings. The molecule has 0 radical (unpaired) electrons. The van der Waals surface area contributed by atoms with E-state index in [0.717, 1.165) is 12.1 Å². The van der Waals surface area contributed by atoms with E-state index >= 15 is 0 Å². The minimum absolute atomic E-state index is 0.162. The van der Waals surface area contributed by atoms with Gasteiger partial charge >= 0.3 is 6.18 Å². The second kappa shape index (κ2) is 7.56. The summed E-state index contributed by atoms with van der Waals surface area (Å²) in [7, 11) is 0. The average Bonchev–Trinajstić information content (AvgIpc) is 3.19. The zero-order chi connectivity index (χ0) is 19.6. The molecule has 1 N–H and O–H groups in total. The Morgan fingerprint density at radius 3 is 2.43 bits per heavy atom. The number of nitrogens with zero attached hydrogens (tertiary/aromatic N) is 4. The first-order chi connectivity index (χ1) is 13.5. The van der Waals surface area contributed by atoms with Crippen LogP contribution in [0.2, 0.25) is 0 Å². The maximum atomic E-state index is 12.7. The van der Waals surface area contributed by atoms with Crippen LogP contribution in [0.3, 0.4) is 0 Å². The smallest absolute Gasteiger partial charge is 0.355 e. The number of hydrogen-bond acceptors (Lipinski definition) is 6. The number of anilines is 2. The van der Waals surface area contributed by atoms with Gasteiger partial charge in [-0.3, -0.25) is 0 Å². The quantitative estimate of drug-likeness (QED) is 0.732. The van der Waals surface area contributed by atoms with Crippen molar-refractivity contribution in [2.75, 3.05) is 25.3 Å². The van der Waals surface area contributed by atoms with E-state index in [2.05, 4.69) is 20.7 Å². The van der Waals surface area contributed by atoms with Gasteiger partial charge in [-0.1, -0.05) is 12.1 Å². The van der Waals surface area contributed by atoms with Gasteiger partial charge in [0.15, 0.2) is 0 Å². The summed E-state index contributed by atoms with van der Waals surface area (Å²) in [5.41, 5.74) is 1.14. The highest BCUT2D eigenvalue weighted by molar-refractivity contribution is 5.77. The first-order valence-electron chi connectivity index (χ1n) is 8.49. The van der Waals surface area contributed by atoms with Crippen LogP contribution >= 0.6 is 0 Å². The van der Waals surface area contributed by atoms with Gasteiger partial charge in [0.05, 0.1) is 18.8 Å². The average molecular weight is 391 g/mol. The van der Waals surface area contributed by atoms with Gasteiger partial charge in [0, 0.05) is 16.9 Å². The van der Waals surface area contributed by atoms with Crippen LogP contribution in [0.1, 0.15) is 11.6 Å². The Morgan fingerprint density at radius 2 is 1.71 bits per heavy atom. The fourth-order valence-electron chi connectivity index (χ4n) is 2.78. The maximum Gasteiger partial charge on any atom is 0.416 e. The molecule has 0 amide bonds. The molecular formula is C18H16F3N5O2. The number of tetrazole rings is 1. The van der Waals surface area contributed by atoms with Crippen molar-refractivity contribution in [3.63, 3.8) is 0 Å². The van der Waals surface area contributed by atoms with E-state index in [1.165, 1.54) is 16.9 Å². The Morgan fingerprint density at radius 1 is 1.00 bits per heavy atom. The first-order valence-corrected chi connectivity index (χ1v) is 8.49. The number of nitrogens with one attached hydrogen (secondary N) is 1. The van der Waals surface area contributed by atoms with Crippen LogP contribution in [0.15, 0.2) is 48.5 Å². The Labute approximate surface area is 158 Å². The molecule has 2 aromatic carbocycles. The van der Waals surface area contributed by atoms with Crippen molar-refractivity contribution >= 4 is 11.4 Å². The van der Waals surface area contributed by atoms with Gasteiger partial charge in [-0.2, -0.15) is 18.0 Å². The number of rotatable bonds is 4. The molecule has 1 aromatic heterocycles. The lowest BCUT2D eigenvalue weighted by molar-refractivity contribution is -0.137. The topological polar surface area (TPSA) is 74.1 Å². The number of alkyl halides is 3. The third-order valence-electron chi connectivity index (χ3n) is 4.20. The molecule has 3 aromatic rings. The molecule has 0 aliphatic carbocycles. The SMILES string of the molecule is FC(F)(F)c1ccc(Nc2ccccc2-c2nnn(C3COCOC3)n2)cc1. The molecule has 1 aliphatic rings. The molecule has 1 saturated heterocycles. The number of aromatic nitrogens is 4. The molecule has 28 heavy (non-hydrogen) atoms. The summed E-state index contributed by atoms with van der Waals surface area (Å²) in [6, 6.07) is 11.9. The Bertz CT molecular complexity index is 937. The zero-order valence-corrected chi connectivity index (χ0v) is 14.6. The van der Waals surface area contributed by atoms with E-state index in [1.807, 2.05) is 18.2 Å². The summed E-state index contributed by atoms with van der Waals surface area (Å²) in [6.45, 7) is 1.11. The highest BCUT2D eigenvalue weighted by Gasteiger charge is 2.30. The zero-order valence-electron chi connectivity index (χ0n) is 14.6. The van der Waals surface area contributed by atoms with Crippen molar-refractivity contribution in [1.29, 1.82) is 0 Å². The standard InChI is InChI=1S/C18H16F3N5O2/c19-18(20,21)12-5-7-13(8-6-12)22-16-4-2-1-3-15(16)17-23-25-26(24-17)14-9-27-11-28-10-14/h1-8,14,22H,9-11H2. The molecule has 0 spiro atoms. The van der Waals surface area contributed by atoms with Crippen LogP contribution in [-0.2, 0) is 15.7 Å². The van der Waals surface area contributed by atoms with Crippen molar-refractivity contribution in [1.82, 2.24) is 20.2 Å². The summed E-state index contributed by atoms with van der Waals surface area (Å²) in [5.74, 6) is 0.389. The van der Waals surface area contributed by atoms with Gasteiger partial charge in [0.25, 0.3) is 0 Å². The highest BCUT2D eigenvalue weighted by Crippen LogP contribution is 2.32. The number of para-hydroxylation sites is 1. The maximum absolute atomic E-state index is 12.7. The molecule has 2 heterocycles. The second-order valence-corrected chi connectivity index (χ2v) is 6.19. The van der Waals surface area contributed by atoms with E-state index in [1.54, 1.807) is 6.07 Å². The molecule has 1 aliphatic heterocycles. The summed E-state index contributed by atoms with van der Waals surface area (Å²) in [6.07, 6.45) is -4.37. The van der Waals surface area contributed by atoms with Crippen molar-refractivity contribution in [2.45, 2.75) is 12.2 Å². The van der Waals surface area contributed by atoms with E-state index in [0.29, 0.717) is 36.0 Å². The fourth-order valence-corrected chi connectivity index (χ4v) is 2.78. The lowest BCUT2D eigenvalue weighted by atomic mass is 10.1. The Kier molecular flexibility index (Phi) is 4.97. The molecule has 4 rings (SSSR count). The van der Waals surface area contributed by atoms with Crippen molar-refractivity contribution in [2.24, 2.45) is 0 Å². The largest absolute Gasteiger partial charge is 0.416 e. The third kappa shape index (κ3) is 3.97. The number of benzene rings is 2. The highest BCUT2D eigenvalue weighted by atomic mass is 19.4. The van der Waals surface area contributed by atoms with E-state index in [9.17, 15) is 13.2 Å². The van der Waals surface area contributed by atoms with Crippen LogP contribution in [0.25, 0.3) is 11.4 Å². The predicted octanol–water partition coefficient (Wildman–Crippen LogP) is 3.65.